The van der Waals surface area contributed by atoms with Gasteiger partial charge in [0, 0.05) is 44.3 Å². The molecule has 0 atom stereocenters. The number of carbonyl (C=O) groups excluding carboxylic acids is 2. The zero-order valence-corrected chi connectivity index (χ0v) is 20.9. The summed E-state index contributed by atoms with van der Waals surface area (Å²) in [6.45, 7) is 5.59. The molecule has 2 N–H and O–H groups in total. The number of amides is 2. The highest BCUT2D eigenvalue weighted by Crippen LogP contribution is 2.21. The van der Waals surface area contributed by atoms with Gasteiger partial charge in [-0.1, -0.05) is 5.21 Å². The second-order valence-electron chi connectivity index (χ2n) is 8.53. The van der Waals surface area contributed by atoms with Gasteiger partial charge in [0.05, 0.1) is 29.1 Å². The van der Waals surface area contributed by atoms with Crippen LogP contribution in [-0.4, -0.2) is 92.3 Å². The summed E-state index contributed by atoms with van der Waals surface area (Å²) in [5.74, 6) is -0.991. The van der Waals surface area contributed by atoms with Gasteiger partial charge in [0.2, 0.25) is 5.91 Å². The quantitative estimate of drug-likeness (QED) is 0.402. The Morgan fingerprint density at radius 2 is 1.86 bits per heavy atom. The average Bonchev–Trinajstić information content (AvgIpc) is 3.30. The molecule has 0 aromatic carbocycles. The van der Waals surface area contributed by atoms with Crippen molar-refractivity contribution in [1.82, 2.24) is 34.3 Å². The minimum Gasteiger partial charge on any atom is -0.365 e. The minimum absolute atomic E-state index is 0.107. The summed E-state index contributed by atoms with van der Waals surface area (Å²) in [5, 5.41) is 8.79. The minimum atomic E-state index is -2.99. The average molecular weight is 517 g/mol. The summed E-state index contributed by atoms with van der Waals surface area (Å²) in [6, 6.07) is 3.01. The Morgan fingerprint density at radius 3 is 2.50 bits per heavy atom. The van der Waals surface area contributed by atoms with Gasteiger partial charge in [0.1, 0.15) is 17.8 Å². The molecule has 3 aromatic rings. The van der Waals surface area contributed by atoms with Crippen molar-refractivity contribution >= 4 is 32.7 Å². The fourth-order valence-corrected chi connectivity index (χ4v) is 5.49. The van der Waals surface area contributed by atoms with Gasteiger partial charge in [-0.3, -0.25) is 23.9 Å². The van der Waals surface area contributed by atoms with Crippen molar-refractivity contribution in [1.29, 1.82) is 0 Å². The second-order valence-corrected chi connectivity index (χ2v) is 10.8. The molecule has 0 spiro atoms. The van der Waals surface area contributed by atoms with Crippen LogP contribution in [-0.2, 0) is 27.7 Å². The number of hydrogen-bond donors (Lipinski definition) is 1. The van der Waals surface area contributed by atoms with Crippen LogP contribution in [0.5, 0.6) is 0 Å². The monoisotopic (exact) mass is 516 g/mol. The van der Waals surface area contributed by atoms with Crippen LogP contribution >= 0.6 is 0 Å². The Kier molecular flexibility index (Phi) is 7.17. The summed E-state index contributed by atoms with van der Waals surface area (Å²) in [6.07, 6.45) is 3.18. The number of primary amides is 1. The molecule has 0 unspecified atom stereocenters. The molecule has 36 heavy (non-hydrogen) atoms. The Labute approximate surface area is 207 Å². The maximum absolute atomic E-state index is 13.0. The second kappa shape index (κ2) is 10.1. The van der Waals surface area contributed by atoms with Crippen molar-refractivity contribution < 1.29 is 18.0 Å². The van der Waals surface area contributed by atoms with E-state index in [2.05, 4.69) is 15.3 Å². The summed E-state index contributed by atoms with van der Waals surface area (Å²) < 4.78 is 26.0. The van der Waals surface area contributed by atoms with Gasteiger partial charge in [0.15, 0.2) is 9.84 Å². The molecule has 192 valence electrons. The van der Waals surface area contributed by atoms with Crippen LogP contribution < -0.4 is 11.3 Å². The molecule has 1 saturated heterocycles. The maximum atomic E-state index is 13.0. The third-order valence-corrected chi connectivity index (χ3v) is 7.86. The molecule has 0 aliphatic carbocycles. The molecule has 3 aromatic heterocycles. The number of carbonyl (C=O) groups is 2. The van der Waals surface area contributed by atoms with Gasteiger partial charge in [-0.05, 0) is 26.0 Å². The predicted octanol–water partition coefficient (Wildman–Crippen LogP) is -0.825. The Balaban J connectivity index is 1.73. The first kappa shape index (κ1) is 25.4. The number of pyridine rings is 2. The van der Waals surface area contributed by atoms with Crippen molar-refractivity contribution in [2.45, 2.75) is 26.9 Å². The van der Waals surface area contributed by atoms with Crippen molar-refractivity contribution in [3.63, 3.8) is 0 Å². The van der Waals surface area contributed by atoms with Crippen molar-refractivity contribution in [2.75, 3.05) is 37.7 Å². The third kappa shape index (κ3) is 5.14. The number of nitrogens with zero attached hydrogens (tertiary/aromatic N) is 7. The lowest BCUT2D eigenvalue weighted by Crippen LogP contribution is -2.39. The molecule has 13 nitrogen and oxygen atoms in total. The number of aromatic nitrogens is 5. The predicted molar refractivity (Wildman–Crippen MR) is 131 cm³/mol. The van der Waals surface area contributed by atoms with Crippen LogP contribution in [0.4, 0.5) is 0 Å². The Hall–Kier alpha value is -3.65. The normalized spacial score (nSPS) is 15.7. The van der Waals surface area contributed by atoms with E-state index >= 15 is 0 Å². The molecule has 0 bridgehead atoms. The standard InChI is InChI=1S/C22H28N8O5S/c1-3-28(4-2)19(31)14-29-21-16(11-17(20(23)32)22(29)33)18(5-6-24-21)30-13-15(25-26-30)12-27-7-9-36(34,35)10-8-27/h5-6,11,13H,3-4,7-10,12,14H2,1-2H3,(H2,23,32). The number of rotatable bonds is 8. The lowest BCUT2D eigenvalue weighted by molar-refractivity contribution is -0.131. The van der Waals surface area contributed by atoms with E-state index in [9.17, 15) is 22.8 Å². The summed E-state index contributed by atoms with van der Waals surface area (Å²) in [4.78, 5) is 45.8. The first-order valence-corrected chi connectivity index (χ1v) is 13.4. The third-order valence-electron chi connectivity index (χ3n) is 6.25. The van der Waals surface area contributed by atoms with Crippen molar-refractivity contribution in [3.8, 4) is 5.69 Å². The largest absolute Gasteiger partial charge is 0.365 e. The van der Waals surface area contributed by atoms with E-state index in [0.717, 1.165) is 4.57 Å². The van der Waals surface area contributed by atoms with Crippen LogP contribution in [0.15, 0.2) is 29.3 Å². The molecular formula is C22H28N8O5S. The number of fused-ring (bicyclic) bond motifs is 1. The van der Waals surface area contributed by atoms with Crippen LogP contribution in [0.25, 0.3) is 16.7 Å². The molecule has 0 saturated carbocycles. The lowest BCUT2D eigenvalue weighted by atomic mass is 10.1. The smallest absolute Gasteiger partial charge is 0.265 e. The van der Waals surface area contributed by atoms with Crippen molar-refractivity contribution in [3.05, 3.63) is 46.1 Å². The molecule has 1 aliphatic heterocycles. The molecule has 14 heteroatoms. The maximum Gasteiger partial charge on any atom is 0.265 e. The van der Waals surface area contributed by atoms with E-state index in [0.29, 0.717) is 49.5 Å². The molecular weight excluding hydrogens is 488 g/mol. The van der Waals surface area contributed by atoms with Gasteiger partial charge in [-0.25, -0.2) is 18.1 Å². The lowest BCUT2D eigenvalue weighted by Gasteiger charge is -2.25. The topological polar surface area (TPSA) is 166 Å². The summed E-state index contributed by atoms with van der Waals surface area (Å²) >= 11 is 0. The number of likely N-dealkylation sites (N-methyl/N-ethyl adjacent to an activating group) is 1. The molecule has 4 rings (SSSR count). The first-order valence-electron chi connectivity index (χ1n) is 11.6. The van der Waals surface area contributed by atoms with Crippen LogP contribution in [0, 0.1) is 0 Å². The Morgan fingerprint density at radius 1 is 1.17 bits per heavy atom. The van der Waals surface area contributed by atoms with E-state index in [1.165, 1.54) is 16.9 Å². The van der Waals surface area contributed by atoms with Gasteiger partial charge >= 0.3 is 0 Å². The number of sulfone groups is 1. The zero-order chi connectivity index (χ0) is 26.0. The van der Waals surface area contributed by atoms with Crippen LogP contribution in [0.3, 0.4) is 0 Å². The number of hydrogen-bond acceptors (Lipinski definition) is 9. The van der Waals surface area contributed by atoms with E-state index in [1.54, 1.807) is 17.2 Å². The highest BCUT2D eigenvalue weighted by Gasteiger charge is 2.23. The van der Waals surface area contributed by atoms with E-state index in [1.807, 2.05) is 18.7 Å². The van der Waals surface area contributed by atoms with E-state index < -0.39 is 21.3 Å². The van der Waals surface area contributed by atoms with Crippen molar-refractivity contribution in [2.24, 2.45) is 5.73 Å². The molecule has 4 heterocycles. The van der Waals surface area contributed by atoms with Gasteiger partial charge < -0.3 is 10.6 Å². The highest BCUT2D eigenvalue weighted by molar-refractivity contribution is 7.91. The number of nitrogens with two attached hydrogens (primary N) is 1. The summed E-state index contributed by atoms with van der Waals surface area (Å²) in [5.41, 5.74) is 5.85. The zero-order valence-electron chi connectivity index (χ0n) is 20.1. The molecule has 2 amide bonds. The van der Waals surface area contributed by atoms with Gasteiger partial charge in [-0.2, -0.15) is 0 Å². The molecule has 0 radical (unpaired) electrons. The summed E-state index contributed by atoms with van der Waals surface area (Å²) in [7, 11) is -2.99. The van der Waals surface area contributed by atoms with Crippen LogP contribution in [0.1, 0.15) is 29.9 Å². The van der Waals surface area contributed by atoms with E-state index in [-0.39, 0.29) is 35.2 Å². The highest BCUT2D eigenvalue weighted by atomic mass is 32.2. The van der Waals surface area contributed by atoms with Gasteiger partial charge in [0.25, 0.3) is 11.5 Å². The fourth-order valence-electron chi connectivity index (χ4n) is 4.21. The SMILES string of the molecule is CCN(CC)C(=O)Cn1c(=O)c(C(N)=O)cc2c(-n3cc(CN4CCS(=O)(=O)CC4)nn3)ccnc21. The Bertz CT molecular complexity index is 1460. The van der Waals surface area contributed by atoms with Gasteiger partial charge in [-0.15, -0.1) is 5.10 Å². The fraction of sp³-hybridized carbons (Fsp3) is 0.455. The molecule has 1 fully saturated rings. The van der Waals surface area contributed by atoms with Crippen LogP contribution in [0.2, 0.25) is 0 Å². The van der Waals surface area contributed by atoms with E-state index in [4.69, 9.17) is 5.73 Å². The molecule has 1 aliphatic rings. The first-order chi connectivity index (χ1) is 17.1.